The van der Waals surface area contributed by atoms with E-state index in [9.17, 15) is 4.79 Å². The molecule has 0 saturated heterocycles. The van der Waals surface area contributed by atoms with E-state index < -0.39 is 0 Å². The highest BCUT2D eigenvalue weighted by molar-refractivity contribution is 7.99. The third kappa shape index (κ3) is 4.42. The first-order chi connectivity index (χ1) is 13.2. The van der Waals surface area contributed by atoms with Crippen molar-refractivity contribution in [1.29, 1.82) is 0 Å². The molecule has 6 nitrogen and oxygen atoms in total. The summed E-state index contributed by atoms with van der Waals surface area (Å²) in [6.45, 7) is 2.64. The normalized spacial score (nSPS) is 14.9. The topological polar surface area (TPSA) is 73.0 Å². The standard InChI is InChI=1S/C20H22N4O2S/c1-14(17-8-5-11-26-17)21-18(25)13-27-20-23-22-19(16-9-10-16)24(20)12-15-6-3-2-4-7-15/h2-8,11,14,16H,9-10,12-13H2,1H3,(H,21,25)/t14-/m1/s1. The Labute approximate surface area is 162 Å². The number of carbonyl (C=O) groups is 1. The summed E-state index contributed by atoms with van der Waals surface area (Å²) in [5.74, 6) is 2.53. The molecule has 1 aliphatic carbocycles. The highest BCUT2D eigenvalue weighted by atomic mass is 32.2. The number of thioether (sulfide) groups is 1. The molecule has 1 fully saturated rings. The Balaban J connectivity index is 1.42. The van der Waals surface area contributed by atoms with Crippen LogP contribution in [0.4, 0.5) is 0 Å². The third-order valence-corrected chi connectivity index (χ3v) is 5.52. The van der Waals surface area contributed by atoms with E-state index in [2.05, 4.69) is 32.2 Å². The summed E-state index contributed by atoms with van der Waals surface area (Å²) in [7, 11) is 0. The lowest BCUT2D eigenvalue weighted by Gasteiger charge is -2.12. The van der Waals surface area contributed by atoms with Crippen LogP contribution in [0.2, 0.25) is 0 Å². The van der Waals surface area contributed by atoms with Gasteiger partial charge < -0.3 is 14.3 Å². The fourth-order valence-corrected chi connectivity index (χ4v) is 3.74. The number of hydrogen-bond donors (Lipinski definition) is 1. The van der Waals surface area contributed by atoms with Gasteiger partial charge in [0.2, 0.25) is 5.91 Å². The average Bonchev–Trinajstić information content (AvgIpc) is 3.21. The molecule has 27 heavy (non-hydrogen) atoms. The Morgan fingerprint density at radius 2 is 2.07 bits per heavy atom. The molecule has 1 saturated carbocycles. The Morgan fingerprint density at radius 3 is 2.78 bits per heavy atom. The molecule has 4 rings (SSSR count). The van der Waals surface area contributed by atoms with Crippen LogP contribution >= 0.6 is 11.8 Å². The number of aromatic nitrogens is 3. The van der Waals surface area contributed by atoms with Crippen LogP contribution in [0.15, 0.2) is 58.3 Å². The van der Waals surface area contributed by atoms with Gasteiger partial charge in [0.15, 0.2) is 5.16 Å². The maximum absolute atomic E-state index is 12.3. The van der Waals surface area contributed by atoms with E-state index in [1.165, 1.54) is 30.2 Å². The molecule has 0 bridgehead atoms. The Hall–Kier alpha value is -2.54. The van der Waals surface area contributed by atoms with Crippen molar-refractivity contribution in [2.45, 2.75) is 43.4 Å². The molecule has 2 heterocycles. The van der Waals surface area contributed by atoms with Gasteiger partial charge in [-0.05, 0) is 37.5 Å². The van der Waals surface area contributed by atoms with Gasteiger partial charge in [-0.3, -0.25) is 4.79 Å². The molecule has 1 amide bonds. The van der Waals surface area contributed by atoms with Crippen LogP contribution in [-0.2, 0) is 11.3 Å². The van der Waals surface area contributed by atoms with Gasteiger partial charge in [-0.1, -0.05) is 42.1 Å². The second-order valence-corrected chi connectivity index (χ2v) is 7.72. The van der Waals surface area contributed by atoms with Crippen molar-refractivity contribution < 1.29 is 9.21 Å². The van der Waals surface area contributed by atoms with Crippen LogP contribution < -0.4 is 5.32 Å². The summed E-state index contributed by atoms with van der Waals surface area (Å²) in [6.07, 6.45) is 3.94. The summed E-state index contributed by atoms with van der Waals surface area (Å²) in [5, 5.41) is 12.5. The molecule has 2 aromatic heterocycles. The maximum Gasteiger partial charge on any atom is 0.231 e. The van der Waals surface area contributed by atoms with E-state index in [4.69, 9.17) is 4.42 Å². The number of nitrogens with one attached hydrogen (secondary N) is 1. The summed E-state index contributed by atoms with van der Waals surface area (Å²) in [4.78, 5) is 12.3. The van der Waals surface area contributed by atoms with Gasteiger partial charge in [0.1, 0.15) is 11.6 Å². The minimum atomic E-state index is -0.155. The smallest absolute Gasteiger partial charge is 0.231 e. The zero-order valence-electron chi connectivity index (χ0n) is 15.2. The van der Waals surface area contributed by atoms with Crippen molar-refractivity contribution in [1.82, 2.24) is 20.1 Å². The zero-order valence-corrected chi connectivity index (χ0v) is 16.0. The molecule has 140 valence electrons. The summed E-state index contributed by atoms with van der Waals surface area (Å²) in [6, 6.07) is 13.8. The lowest BCUT2D eigenvalue weighted by Crippen LogP contribution is -2.28. The van der Waals surface area contributed by atoms with Crippen molar-refractivity contribution >= 4 is 17.7 Å². The molecule has 1 aromatic carbocycles. The first kappa shape index (κ1) is 17.9. The van der Waals surface area contributed by atoms with E-state index in [0.29, 0.717) is 11.7 Å². The molecule has 1 aliphatic rings. The SMILES string of the molecule is C[C@@H](NC(=O)CSc1nnc(C2CC2)n1Cc1ccccc1)c1ccco1. The summed E-state index contributed by atoms with van der Waals surface area (Å²) in [5.41, 5.74) is 1.21. The lowest BCUT2D eigenvalue weighted by molar-refractivity contribution is -0.119. The minimum absolute atomic E-state index is 0.0499. The number of hydrogen-bond acceptors (Lipinski definition) is 5. The summed E-state index contributed by atoms with van der Waals surface area (Å²) < 4.78 is 7.49. The largest absolute Gasteiger partial charge is 0.467 e. The molecule has 0 aliphatic heterocycles. The van der Waals surface area contributed by atoms with Crippen molar-refractivity contribution in [3.8, 4) is 0 Å². The third-order valence-electron chi connectivity index (χ3n) is 4.55. The van der Waals surface area contributed by atoms with Crippen molar-refractivity contribution in [3.05, 3.63) is 65.9 Å². The zero-order chi connectivity index (χ0) is 18.6. The van der Waals surface area contributed by atoms with Crippen LogP contribution in [0.25, 0.3) is 0 Å². The fourth-order valence-electron chi connectivity index (χ4n) is 2.99. The second kappa shape index (κ2) is 8.00. The lowest BCUT2D eigenvalue weighted by atomic mass is 10.2. The molecular weight excluding hydrogens is 360 g/mol. The number of nitrogens with zero attached hydrogens (tertiary/aromatic N) is 3. The number of amides is 1. The van der Waals surface area contributed by atoms with Crippen LogP contribution in [0.3, 0.4) is 0 Å². The van der Waals surface area contributed by atoms with Gasteiger partial charge in [0, 0.05) is 5.92 Å². The van der Waals surface area contributed by atoms with Gasteiger partial charge in [-0.15, -0.1) is 10.2 Å². The molecule has 3 aromatic rings. The van der Waals surface area contributed by atoms with E-state index in [0.717, 1.165) is 23.3 Å². The Kier molecular flexibility index (Phi) is 5.29. The molecule has 1 N–H and O–H groups in total. The molecule has 1 atom stereocenters. The van der Waals surface area contributed by atoms with Gasteiger partial charge in [0.05, 0.1) is 24.6 Å². The van der Waals surface area contributed by atoms with Crippen molar-refractivity contribution in [2.75, 3.05) is 5.75 Å². The molecule has 0 unspecified atom stereocenters. The first-order valence-corrected chi connectivity index (χ1v) is 10.1. The number of carbonyl (C=O) groups excluding carboxylic acids is 1. The van der Waals surface area contributed by atoms with Crippen LogP contribution in [-0.4, -0.2) is 26.4 Å². The highest BCUT2D eigenvalue weighted by Gasteiger charge is 2.30. The van der Waals surface area contributed by atoms with Crippen LogP contribution in [0.5, 0.6) is 0 Å². The first-order valence-electron chi connectivity index (χ1n) is 9.13. The van der Waals surface area contributed by atoms with Crippen molar-refractivity contribution in [2.24, 2.45) is 0 Å². The quantitative estimate of drug-likeness (QED) is 0.601. The highest BCUT2D eigenvalue weighted by Crippen LogP contribution is 2.40. The molecule has 0 radical (unpaired) electrons. The predicted octanol–water partition coefficient (Wildman–Crippen LogP) is 3.77. The molecular formula is C20H22N4O2S. The van der Waals surface area contributed by atoms with E-state index in [1.807, 2.05) is 37.3 Å². The van der Waals surface area contributed by atoms with E-state index >= 15 is 0 Å². The van der Waals surface area contributed by atoms with Gasteiger partial charge in [-0.2, -0.15) is 0 Å². The predicted molar refractivity (Wildman–Crippen MR) is 104 cm³/mol. The van der Waals surface area contributed by atoms with Crippen LogP contribution in [0.1, 0.15) is 48.9 Å². The second-order valence-electron chi connectivity index (χ2n) is 6.78. The van der Waals surface area contributed by atoms with E-state index in [1.54, 1.807) is 6.26 Å². The maximum atomic E-state index is 12.3. The fraction of sp³-hybridized carbons (Fsp3) is 0.350. The number of benzene rings is 1. The van der Waals surface area contributed by atoms with Crippen LogP contribution in [0, 0.1) is 0 Å². The monoisotopic (exact) mass is 382 g/mol. The Morgan fingerprint density at radius 1 is 1.26 bits per heavy atom. The summed E-state index contributed by atoms with van der Waals surface area (Å²) >= 11 is 1.43. The van der Waals surface area contributed by atoms with Gasteiger partial charge in [-0.25, -0.2) is 0 Å². The molecule has 0 spiro atoms. The number of rotatable bonds is 8. The van der Waals surface area contributed by atoms with Crippen molar-refractivity contribution in [3.63, 3.8) is 0 Å². The molecule has 7 heteroatoms. The minimum Gasteiger partial charge on any atom is -0.467 e. The van der Waals surface area contributed by atoms with Gasteiger partial charge >= 0.3 is 0 Å². The van der Waals surface area contributed by atoms with Gasteiger partial charge in [0.25, 0.3) is 0 Å². The average molecular weight is 382 g/mol. The van der Waals surface area contributed by atoms with E-state index in [-0.39, 0.29) is 11.9 Å². The number of furan rings is 1. The Bertz CT molecular complexity index is 888.